The normalized spacial score (nSPS) is 37.5. The lowest BCUT2D eigenvalue weighted by Gasteiger charge is -2.43. The third kappa shape index (κ3) is 10.1. The molecule has 1 aromatic rings. The second-order valence-electron chi connectivity index (χ2n) is 15.1. The molecule has 0 radical (unpaired) electrons. The zero-order chi connectivity index (χ0) is 31.9. The van der Waals surface area contributed by atoms with E-state index < -0.39 is 11.6 Å². The van der Waals surface area contributed by atoms with Crippen LogP contribution in [0.1, 0.15) is 102 Å². The van der Waals surface area contributed by atoms with Crippen molar-refractivity contribution in [1.29, 1.82) is 0 Å². The number of aliphatic imine (C=N–C) groups is 1. The Balaban J connectivity index is 1.29. The van der Waals surface area contributed by atoms with Crippen LogP contribution in [0.5, 0.6) is 0 Å². The number of aliphatic hydroxyl groups excluding tert-OH is 1. The summed E-state index contributed by atoms with van der Waals surface area (Å²) in [6.07, 6.45) is 14.2. The average molecular weight is 626 g/mol. The topological polar surface area (TPSA) is 129 Å². The molecule has 0 aliphatic carbocycles. The summed E-state index contributed by atoms with van der Waals surface area (Å²) in [5.41, 5.74) is 1.42. The fraction of sp³-hybridized carbons (Fsp3) is 0.778. The smallest absolute Gasteiger partial charge is 0.306 e. The van der Waals surface area contributed by atoms with Gasteiger partial charge >= 0.3 is 5.97 Å². The summed E-state index contributed by atoms with van der Waals surface area (Å²) in [5, 5.41) is 42.8. The maximum atomic E-state index is 11.7. The molecule has 4 heterocycles. The molecule has 0 amide bonds. The SMILES string of the molecule is C[C@@H]1N[C@H](CC[C@H]2CCCCCC[C@@](O)(CC(=O)O)CN[C@]3(C)CCN[C@@H](Cc4cccc(c4)C2)C3)[C@@H](N2CC=NC2)C[C@H]1O. The van der Waals surface area contributed by atoms with Crippen LogP contribution < -0.4 is 16.0 Å². The van der Waals surface area contributed by atoms with Crippen LogP contribution in [-0.4, -0.2) is 100 Å². The summed E-state index contributed by atoms with van der Waals surface area (Å²) in [6.45, 7) is 7.15. The number of carboxylic acids is 1. The quantitative estimate of drug-likeness (QED) is 0.283. The molecule has 252 valence electrons. The zero-order valence-corrected chi connectivity index (χ0v) is 27.7. The highest BCUT2D eigenvalue weighted by Gasteiger charge is 2.38. The Morgan fingerprint density at radius 2 is 1.91 bits per heavy atom. The molecule has 0 unspecified atom stereocenters. The van der Waals surface area contributed by atoms with Crippen LogP contribution in [0.2, 0.25) is 0 Å². The third-order valence-electron chi connectivity index (χ3n) is 11.2. The molecule has 45 heavy (non-hydrogen) atoms. The molecule has 4 aliphatic heterocycles. The van der Waals surface area contributed by atoms with Gasteiger partial charge in [-0.2, -0.15) is 0 Å². The number of β-amino-alcohol motifs (C(OH)–C–C–N with tert-alkyl or cyclic N) is 1. The van der Waals surface area contributed by atoms with Gasteiger partial charge in [0, 0.05) is 49.0 Å². The van der Waals surface area contributed by atoms with Gasteiger partial charge in [0.25, 0.3) is 0 Å². The van der Waals surface area contributed by atoms with Crippen molar-refractivity contribution in [3.05, 3.63) is 35.4 Å². The molecule has 0 saturated carbocycles. The Bertz CT molecular complexity index is 1130. The molecule has 1 aromatic carbocycles. The minimum absolute atomic E-state index is 0.0990. The number of benzene rings is 1. The van der Waals surface area contributed by atoms with E-state index in [1.807, 2.05) is 6.21 Å². The molecule has 9 heteroatoms. The summed E-state index contributed by atoms with van der Waals surface area (Å²) in [4.78, 5) is 18.6. The number of rotatable bonds is 6. The monoisotopic (exact) mass is 625 g/mol. The fourth-order valence-corrected chi connectivity index (χ4v) is 8.46. The lowest BCUT2D eigenvalue weighted by molar-refractivity contribution is -0.143. The first kappa shape index (κ1) is 34.5. The number of nitrogens with zero attached hydrogens (tertiary/aromatic N) is 2. The molecule has 6 N–H and O–H groups in total. The Labute approximate surface area is 270 Å². The van der Waals surface area contributed by atoms with Gasteiger partial charge in [0.15, 0.2) is 0 Å². The maximum Gasteiger partial charge on any atom is 0.306 e. The first-order valence-electron chi connectivity index (χ1n) is 17.8. The number of aliphatic hydroxyl groups is 2. The highest BCUT2D eigenvalue weighted by Crippen LogP contribution is 2.30. The Morgan fingerprint density at radius 3 is 2.69 bits per heavy atom. The van der Waals surface area contributed by atoms with Crippen molar-refractivity contribution in [3.63, 3.8) is 0 Å². The van der Waals surface area contributed by atoms with Gasteiger partial charge in [-0.05, 0) is 88.8 Å². The van der Waals surface area contributed by atoms with Crippen molar-refractivity contribution in [1.82, 2.24) is 20.9 Å². The van der Waals surface area contributed by atoms with E-state index >= 15 is 0 Å². The van der Waals surface area contributed by atoms with Gasteiger partial charge in [-0.3, -0.25) is 14.7 Å². The number of carboxylic acid groups (broad SMARTS) is 1. The summed E-state index contributed by atoms with van der Waals surface area (Å²) >= 11 is 0. The fourth-order valence-electron chi connectivity index (χ4n) is 8.46. The summed E-state index contributed by atoms with van der Waals surface area (Å²) in [5.74, 6) is -0.365. The number of fused-ring (bicyclic) bond motifs is 4. The van der Waals surface area contributed by atoms with Gasteiger partial charge in [-0.1, -0.05) is 56.4 Å². The van der Waals surface area contributed by atoms with E-state index in [9.17, 15) is 20.1 Å². The van der Waals surface area contributed by atoms with E-state index in [0.717, 1.165) is 96.8 Å². The molecular weight excluding hydrogens is 566 g/mol. The Morgan fingerprint density at radius 1 is 1.11 bits per heavy atom. The lowest BCUT2D eigenvalue weighted by atomic mass is 9.81. The molecule has 2 saturated heterocycles. The van der Waals surface area contributed by atoms with Crippen LogP contribution in [0, 0.1) is 5.92 Å². The zero-order valence-electron chi connectivity index (χ0n) is 27.7. The molecule has 5 rings (SSSR count). The minimum Gasteiger partial charge on any atom is -0.481 e. The van der Waals surface area contributed by atoms with Gasteiger partial charge in [-0.15, -0.1) is 0 Å². The van der Waals surface area contributed by atoms with Crippen molar-refractivity contribution >= 4 is 12.2 Å². The van der Waals surface area contributed by atoms with E-state index in [2.05, 4.69) is 64.0 Å². The van der Waals surface area contributed by atoms with Crippen LogP contribution in [0.3, 0.4) is 0 Å². The van der Waals surface area contributed by atoms with E-state index in [4.69, 9.17) is 0 Å². The molecule has 4 aliphatic rings. The minimum atomic E-state index is -1.23. The van der Waals surface area contributed by atoms with Crippen molar-refractivity contribution in [2.45, 2.75) is 145 Å². The second-order valence-corrected chi connectivity index (χ2v) is 15.1. The first-order valence-corrected chi connectivity index (χ1v) is 17.8. The summed E-state index contributed by atoms with van der Waals surface area (Å²) < 4.78 is 0. The Hall–Kier alpha value is -1.88. The molecule has 0 spiro atoms. The molecule has 4 bridgehead atoms. The second kappa shape index (κ2) is 15.8. The molecule has 9 nitrogen and oxygen atoms in total. The van der Waals surface area contributed by atoms with E-state index in [1.165, 1.54) is 11.1 Å². The number of hydrogen-bond donors (Lipinski definition) is 6. The highest BCUT2D eigenvalue weighted by atomic mass is 16.4. The average Bonchev–Trinajstić information content (AvgIpc) is 3.53. The standard InChI is InChI=1S/C36H59N5O4/c1-26-33(42)21-32(41-17-16-37-25-41)31(40-26)12-11-27-8-5-3-4-6-13-36(45,23-34(43)44)24-39-35(2)14-15-38-30(22-35)20-29-10-7-9-28(18-27)19-29/h7,9-10,16,19,26-27,30-33,38-40,42,45H,3-6,8,11-15,17-18,20-25H2,1-2H3,(H,43,44)/t26-,27+,30-,31+,32-,33+,35+,36+/m0/s1. The summed E-state index contributed by atoms with van der Waals surface area (Å²) in [7, 11) is 0. The number of nitrogens with one attached hydrogen (secondary N) is 3. The largest absolute Gasteiger partial charge is 0.481 e. The Kier molecular flexibility index (Phi) is 12.1. The van der Waals surface area contributed by atoms with E-state index in [-0.39, 0.29) is 24.1 Å². The van der Waals surface area contributed by atoms with Crippen LogP contribution >= 0.6 is 0 Å². The van der Waals surface area contributed by atoms with Gasteiger partial charge in [0.1, 0.15) is 0 Å². The number of hydrogen-bond acceptors (Lipinski definition) is 8. The predicted octanol–water partition coefficient (Wildman–Crippen LogP) is 3.65. The van der Waals surface area contributed by atoms with Gasteiger partial charge in [-0.25, -0.2) is 0 Å². The number of piperidine rings is 2. The van der Waals surface area contributed by atoms with Crippen LogP contribution in [-0.2, 0) is 17.6 Å². The predicted molar refractivity (Wildman–Crippen MR) is 180 cm³/mol. The maximum absolute atomic E-state index is 11.7. The third-order valence-corrected chi connectivity index (χ3v) is 11.2. The van der Waals surface area contributed by atoms with Gasteiger partial charge < -0.3 is 31.3 Å². The molecule has 8 atom stereocenters. The lowest BCUT2D eigenvalue weighted by Crippen LogP contribution is -2.60. The highest BCUT2D eigenvalue weighted by molar-refractivity contribution is 5.68. The number of carbonyl (C=O) groups is 1. The van der Waals surface area contributed by atoms with Crippen LogP contribution in [0.15, 0.2) is 29.3 Å². The molecule has 2 fully saturated rings. The van der Waals surface area contributed by atoms with Crippen LogP contribution in [0.25, 0.3) is 0 Å². The van der Waals surface area contributed by atoms with Gasteiger partial charge in [0.2, 0.25) is 0 Å². The van der Waals surface area contributed by atoms with Gasteiger partial charge in [0.05, 0.1) is 24.8 Å². The molecule has 0 aromatic heterocycles. The van der Waals surface area contributed by atoms with Crippen molar-refractivity contribution in [2.75, 3.05) is 26.3 Å². The van der Waals surface area contributed by atoms with Crippen molar-refractivity contribution in [2.24, 2.45) is 10.9 Å². The van der Waals surface area contributed by atoms with Crippen molar-refractivity contribution in [3.8, 4) is 0 Å². The molecular formula is C36H59N5O4. The summed E-state index contributed by atoms with van der Waals surface area (Å²) in [6, 6.07) is 10.3. The number of aliphatic carboxylic acids is 1. The van der Waals surface area contributed by atoms with Crippen LogP contribution in [0.4, 0.5) is 0 Å². The van der Waals surface area contributed by atoms with E-state index in [1.54, 1.807) is 0 Å². The van der Waals surface area contributed by atoms with E-state index in [0.29, 0.717) is 37.0 Å². The van der Waals surface area contributed by atoms with Crippen molar-refractivity contribution < 1.29 is 20.1 Å². The first-order chi connectivity index (χ1) is 21.6.